The molecule has 0 spiro atoms. The summed E-state index contributed by atoms with van der Waals surface area (Å²) in [6, 6.07) is 4.20. The molecule has 1 unspecified atom stereocenters. The van der Waals surface area contributed by atoms with Gasteiger partial charge < -0.3 is 10.1 Å². The van der Waals surface area contributed by atoms with Gasteiger partial charge >= 0.3 is 0 Å². The van der Waals surface area contributed by atoms with Crippen molar-refractivity contribution in [2.45, 2.75) is 60.3 Å². The van der Waals surface area contributed by atoms with Crippen molar-refractivity contribution in [1.82, 2.24) is 10.3 Å². The molecule has 0 aromatic carbocycles. The molecule has 0 saturated carbocycles. The highest BCUT2D eigenvalue weighted by Crippen LogP contribution is 2.10. The van der Waals surface area contributed by atoms with Gasteiger partial charge in [0.05, 0.1) is 18.4 Å². The fraction of sp³-hybridized carbons (Fsp3) is 0.706. The van der Waals surface area contributed by atoms with Crippen molar-refractivity contribution in [3.05, 3.63) is 29.6 Å². The van der Waals surface area contributed by atoms with Crippen molar-refractivity contribution < 1.29 is 4.74 Å². The van der Waals surface area contributed by atoms with Gasteiger partial charge in [-0.2, -0.15) is 0 Å². The zero-order valence-electron chi connectivity index (χ0n) is 13.6. The van der Waals surface area contributed by atoms with Gasteiger partial charge in [-0.3, -0.25) is 4.98 Å². The average molecular weight is 278 g/mol. The summed E-state index contributed by atoms with van der Waals surface area (Å²) in [6.45, 7) is 13.5. The first kappa shape index (κ1) is 17.1. The highest BCUT2D eigenvalue weighted by atomic mass is 16.5. The summed E-state index contributed by atoms with van der Waals surface area (Å²) in [5, 5.41) is 3.42. The van der Waals surface area contributed by atoms with Gasteiger partial charge in [0, 0.05) is 12.7 Å². The summed E-state index contributed by atoms with van der Waals surface area (Å²) in [5.74, 6) is 1.35. The fourth-order valence-corrected chi connectivity index (χ4v) is 2.11. The lowest BCUT2D eigenvalue weighted by atomic mass is 10.1. The van der Waals surface area contributed by atoms with Crippen LogP contribution < -0.4 is 5.32 Å². The molecule has 114 valence electrons. The van der Waals surface area contributed by atoms with E-state index in [4.69, 9.17) is 4.74 Å². The molecule has 0 aliphatic rings. The maximum Gasteiger partial charge on any atom is 0.0891 e. The standard InChI is InChI=1S/C17H30N2O/c1-13(2)8-15(5)20-12-17-7-6-16(11-19-17)10-18-9-14(3)4/h6-7,11,13-15,18H,8-10,12H2,1-5H3. The first-order chi connectivity index (χ1) is 9.47. The minimum absolute atomic E-state index is 0.296. The van der Waals surface area contributed by atoms with Crippen LogP contribution in [0.5, 0.6) is 0 Å². The molecule has 1 aromatic rings. The highest BCUT2D eigenvalue weighted by molar-refractivity contribution is 5.13. The van der Waals surface area contributed by atoms with Crippen molar-refractivity contribution in [3.8, 4) is 0 Å². The molecule has 0 radical (unpaired) electrons. The predicted molar refractivity (Wildman–Crippen MR) is 84.5 cm³/mol. The van der Waals surface area contributed by atoms with E-state index in [-0.39, 0.29) is 0 Å². The summed E-state index contributed by atoms with van der Waals surface area (Å²) in [5.41, 5.74) is 2.23. The maximum absolute atomic E-state index is 5.81. The molecule has 0 aliphatic heterocycles. The second-order valence-corrected chi connectivity index (χ2v) is 6.43. The van der Waals surface area contributed by atoms with Crippen LogP contribution in [-0.4, -0.2) is 17.6 Å². The van der Waals surface area contributed by atoms with Crippen molar-refractivity contribution >= 4 is 0 Å². The second kappa shape index (κ2) is 9.09. The normalized spacial score (nSPS) is 13.2. The molecule has 20 heavy (non-hydrogen) atoms. The zero-order valence-corrected chi connectivity index (χ0v) is 13.6. The number of ether oxygens (including phenoxy) is 1. The van der Waals surface area contributed by atoms with Crippen LogP contribution in [0.3, 0.4) is 0 Å². The molecule has 1 N–H and O–H groups in total. The third-order valence-electron chi connectivity index (χ3n) is 3.09. The largest absolute Gasteiger partial charge is 0.372 e. The molecule has 0 amide bonds. The summed E-state index contributed by atoms with van der Waals surface area (Å²) < 4.78 is 5.81. The van der Waals surface area contributed by atoms with Crippen LogP contribution in [0.25, 0.3) is 0 Å². The molecule has 0 fully saturated rings. The number of aromatic nitrogens is 1. The quantitative estimate of drug-likeness (QED) is 0.746. The third-order valence-corrected chi connectivity index (χ3v) is 3.09. The Morgan fingerprint density at radius 1 is 1.10 bits per heavy atom. The predicted octanol–water partition coefficient (Wildman–Crippen LogP) is 3.78. The van der Waals surface area contributed by atoms with Crippen molar-refractivity contribution in [2.24, 2.45) is 11.8 Å². The van der Waals surface area contributed by atoms with E-state index in [9.17, 15) is 0 Å². The van der Waals surface area contributed by atoms with Crippen molar-refractivity contribution in [2.75, 3.05) is 6.54 Å². The van der Waals surface area contributed by atoms with Crippen LogP contribution in [-0.2, 0) is 17.9 Å². The molecule has 1 heterocycles. The van der Waals surface area contributed by atoms with Gasteiger partial charge in [-0.15, -0.1) is 0 Å². The van der Waals surface area contributed by atoms with Gasteiger partial charge in [-0.1, -0.05) is 33.8 Å². The Hall–Kier alpha value is -0.930. The van der Waals surface area contributed by atoms with Gasteiger partial charge in [0.15, 0.2) is 0 Å². The first-order valence-corrected chi connectivity index (χ1v) is 7.73. The first-order valence-electron chi connectivity index (χ1n) is 7.73. The van der Waals surface area contributed by atoms with E-state index in [1.54, 1.807) is 0 Å². The summed E-state index contributed by atoms with van der Waals surface area (Å²) in [7, 11) is 0. The zero-order chi connectivity index (χ0) is 15.0. The van der Waals surface area contributed by atoms with Crippen LogP contribution >= 0.6 is 0 Å². The minimum Gasteiger partial charge on any atom is -0.372 e. The molecule has 0 saturated heterocycles. The molecular weight excluding hydrogens is 248 g/mol. The van der Waals surface area contributed by atoms with Crippen LogP contribution in [0.15, 0.2) is 18.3 Å². The molecule has 0 aliphatic carbocycles. The SMILES string of the molecule is CC(C)CNCc1ccc(COC(C)CC(C)C)nc1. The molecule has 1 aromatic heterocycles. The van der Waals surface area contributed by atoms with Crippen LogP contribution in [0.2, 0.25) is 0 Å². The number of pyridine rings is 1. The molecule has 1 atom stereocenters. The highest BCUT2D eigenvalue weighted by Gasteiger charge is 2.06. The Morgan fingerprint density at radius 3 is 2.40 bits per heavy atom. The molecule has 0 bridgehead atoms. The molecule has 1 rings (SSSR count). The lowest BCUT2D eigenvalue weighted by Gasteiger charge is -2.15. The van der Waals surface area contributed by atoms with E-state index >= 15 is 0 Å². The monoisotopic (exact) mass is 278 g/mol. The number of hydrogen-bond acceptors (Lipinski definition) is 3. The summed E-state index contributed by atoms with van der Waals surface area (Å²) in [4.78, 5) is 4.46. The van der Waals surface area contributed by atoms with E-state index in [0.29, 0.717) is 24.5 Å². The Balaban J connectivity index is 2.31. The Kier molecular flexibility index (Phi) is 7.78. The van der Waals surface area contributed by atoms with Gasteiger partial charge in [0.2, 0.25) is 0 Å². The van der Waals surface area contributed by atoms with Crippen LogP contribution in [0.4, 0.5) is 0 Å². The molecule has 3 nitrogen and oxygen atoms in total. The average Bonchev–Trinajstić information content (AvgIpc) is 2.36. The molecule has 3 heteroatoms. The van der Waals surface area contributed by atoms with Gasteiger partial charge in [0.1, 0.15) is 0 Å². The topological polar surface area (TPSA) is 34.1 Å². The van der Waals surface area contributed by atoms with E-state index in [1.807, 2.05) is 6.20 Å². The van der Waals surface area contributed by atoms with Gasteiger partial charge in [-0.05, 0) is 43.4 Å². The minimum atomic E-state index is 0.296. The summed E-state index contributed by atoms with van der Waals surface area (Å²) >= 11 is 0. The van der Waals surface area contributed by atoms with E-state index in [1.165, 1.54) is 5.56 Å². The third kappa shape index (κ3) is 7.61. The van der Waals surface area contributed by atoms with Crippen molar-refractivity contribution in [3.63, 3.8) is 0 Å². The number of nitrogens with zero attached hydrogens (tertiary/aromatic N) is 1. The van der Waals surface area contributed by atoms with Gasteiger partial charge in [-0.25, -0.2) is 0 Å². The lowest BCUT2D eigenvalue weighted by molar-refractivity contribution is 0.0379. The fourth-order valence-electron chi connectivity index (χ4n) is 2.11. The van der Waals surface area contributed by atoms with E-state index in [2.05, 4.69) is 57.1 Å². The Morgan fingerprint density at radius 2 is 1.85 bits per heavy atom. The number of nitrogens with one attached hydrogen (secondary N) is 1. The molecular formula is C17H30N2O. The lowest BCUT2D eigenvalue weighted by Crippen LogP contribution is -2.19. The Labute approximate surface area is 124 Å². The van der Waals surface area contributed by atoms with Gasteiger partial charge in [0.25, 0.3) is 0 Å². The van der Waals surface area contributed by atoms with Crippen molar-refractivity contribution in [1.29, 1.82) is 0 Å². The van der Waals surface area contributed by atoms with Crippen LogP contribution in [0.1, 0.15) is 52.3 Å². The smallest absolute Gasteiger partial charge is 0.0891 e. The maximum atomic E-state index is 5.81. The Bertz CT molecular complexity index is 360. The second-order valence-electron chi connectivity index (χ2n) is 6.43. The van der Waals surface area contributed by atoms with Crippen LogP contribution in [0, 0.1) is 11.8 Å². The number of hydrogen-bond donors (Lipinski definition) is 1. The van der Waals surface area contributed by atoms with E-state index in [0.717, 1.165) is 25.2 Å². The number of rotatable bonds is 9. The summed E-state index contributed by atoms with van der Waals surface area (Å²) in [6.07, 6.45) is 3.33. The van der Waals surface area contributed by atoms with E-state index < -0.39 is 0 Å².